The molecule has 0 aliphatic carbocycles. The number of halogens is 2. The summed E-state index contributed by atoms with van der Waals surface area (Å²) in [6, 6.07) is 9.16. The average molecular weight is 364 g/mol. The first-order valence-corrected chi connectivity index (χ1v) is 9.52. The third-order valence-corrected chi connectivity index (χ3v) is 6.28. The van der Waals surface area contributed by atoms with Gasteiger partial charge in [-0.25, -0.2) is 22.0 Å². The van der Waals surface area contributed by atoms with E-state index in [1.54, 1.807) is 0 Å². The van der Waals surface area contributed by atoms with Crippen LogP contribution in [0.5, 0.6) is 0 Å². The molecule has 2 aromatic carbocycles. The third-order valence-electron chi connectivity index (χ3n) is 4.58. The van der Waals surface area contributed by atoms with Gasteiger partial charge < -0.3 is 0 Å². The lowest BCUT2D eigenvalue weighted by molar-refractivity contribution is 0.255. The van der Waals surface area contributed by atoms with E-state index in [9.17, 15) is 22.0 Å². The van der Waals surface area contributed by atoms with Crippen LogP contribution >= 0.6 is 0 Å². The molecule has 2 aliphatic rings. The standard InChI is InChI=1S/C17H14F2N2O3S/c18-11-1-5-13(6-2-11)20-15-9-25(23,24)10-16(15)21(17(20)22)14-7-3-12(19)4-8-14/h1-8,15-16H,9-10H2/t15-,16-/m0/s1. The van der Waals surface area contributed by atoms with Crippen molar-refractivity contribution < 1.29 is 22.0 Å². The summed E-state index contributed by atoms with van der Waals surface area (Å²) in [6.07, 6.45) is 0. The number of rotatable bonds is 2. The molecule has 4 rings (SSSR count). The Kier molecular flexibility index (Phi) is 3.54. The highest BCUT2D eigenvalue weighted by Crippen LogP contribution is 2.37. The van der Waals surface area contributed by atoms with Crippen LogP contribution in [-0.2, 0) is 9.84 Å². The van der Waals surface area contributed by atoms with Gasteiger partial charge in [0.05, 0.1) is 23.6 Å². The molecule has 2 aromatic rings. The maximum absolute atomic E-state index is 13.2. The predicted molar refractivity (Wildman–Crippen MR) is 89.4 cm³/mol. The summed E-state index contributed by atoms with van der Waals surface area (Å²) >= 11 is 0. The lowest BCUT2D eigenvalue weighted by Gasteiger charge is -2.22. The van der Waals surface area contributed by atoms with E-state index in [1.165, 1.54) is 58.3 Å². The van der Waals surface area contributed by atoms with Crippen molar-refractivity contribution in [2.24, 2.45) is 0 Å². The number of carbonyl (C=O) groups excluding carboxylic acids is 1. The minimum atomic E-state index is -3.31. The summed E-state index contributed by atoms with van der Waals surface area (Å²) in [4.78, 5) is 15.7. The molecule has 0 N–H and O–H groups in total. The summed E-state index contributed by atoms with van der Waals surface area (Å²) in [7, 11) is -3.31. The zero-order chi connectivity index (χ0) is 17.8. The Morgan fingerprint density at radius 3 is 1.48 bits per heavy atom. The van der Waals surface area contributed by atoms with E-state index in [0.717, 1.165) is 0 Å². The minimum absolute atomic E-state index is 0.154. The number of carbonyl (C=O) groups is 1. The maximum Gasteiger partial charge on any atom is 0.329 e. The molecule has 0 radical (unpaired) electrons. The van der Waals surface area contributed by atoms with E-state index in [2.05, 4.69) is 0 Å². The molecule has 2 atom stereocenters. The molecule has 2 fully saturated rings. The van der Waals surface area contributed by atoms with E-state index in [0.29, 0.717) is 11.4 Å². The first-order chi connectivity index (χ1) is 11.9. The highest BCUT2D eigenvalue weighted by atomic mass is 32.2. The van der Waals surface area contributed by atoms with Crippen molar-refractivity contribution in [1.82, 2.24) is 0 Å². The smallest absolute Gasteiger partial charge is 0.288 e. The van der Waals surface area contributed by atoms with Crippen LogP contribution in [-0.4, -0.2) is 38.0 Å². The van der Waals surface area contributed by atoms with Gasteiger partial charge in [-0.3, -0.25) is 9.80 Å². The van der Waals surface area contributed by atoms with Gasteiger partial charge in [0.15, 0.2) is 9.84 Å². The molecule has 0 spiro atoms. The molecule has 2 amide bonds. The Bertz CT molecular complexity index is 860. The van der Waals surface area contributed by atoms with Gasteiger partial charge in [-0.1, -0.05) is 0 Å². The molecule has 130 valence electrons. The zero-order valence-electron chi connectivity index (χ0n) is 13.0. The van der Waals surface area contributed by atoms with E-state index in [1.807, 2.05) is 0 Å². The summed E-state index contributed by atoms with van der Waals surface area (Å²) in [5.74, 6) is -1.19. The minimum Gasteiger partial charge on any atom is -0.288 e. The first-order valence-electron chi connectivity index (χ1n) is 7.70. The Balaban J connectivity index is 1.79. The Morgan fingerprint density at radius 1 is 0.760 bits per heavy atom. The van der Waals surface area contributed by atoms with E-state index < -0.39 is 39.6 Å². The van der Waals surface area contributed by atoms with Crippen LogP contribution in [0.1, 0.15) is 0 Å². The van der Waals surface area contributed by atoms with Gasteiger partial charge in [0.1, 0.15) is 11.6 Å². The van der Waals surface area contributed by atoms with Crippen LogP contribution in [0.3, 0.4) is 0 Å². The highest BCUT2D eigenvalue weighted by Gasteiger charge is 2.54. The van der Waals surface area contributed by atoms with E-state index in [4.69, 9.17) is 0 Å². The molecule has 25 heavy (non-hydrogen) atoms. The van der Waals surface area contributed by atoms with Crippen molar-refractivity contribution in [2.75, 3.05) is 21.3 Å². The lowest BCUT2D eigenvalue weighted by Crippen LogP contribution is -2.37. The number of amides is 2. The largest absolute Gasteiger partial charge is 0.329 e. The van der Waals surface area contributed by atoms with Crippen molar-refractivity contribution in [3.8, 4) is 0 Å². The highest BCUT2D eigenvalue weighted by molar-refractivity contribution is 7.91. The van der Waals surface area contributed by atoms with Gasteiger partial charge in [0.2, 0.25) is 0 Å². The second kappa shape index (κ2) is 5.52. The number of benzene rings is 2. The van der Waals surface area contributed by atoms with Crippen LogP contribution in [0, 0.1) is 11.6 Å². The molecule has 5 nitrogen and oxygen atoms in total. The Labute approximate surface area is 143 Å². The van der Waals surface area contributed by atoms with E-state index in [-0.39, 0.29) is 11.5 Å². The van der Waals surface area contributed by atoms with Crippen LogP contribution in [0.2, 0.25) is 0 Å². The van der Waals surface area contributed by atoms with E-state index >= 15 is 0 Å². The zero-order valence-corrected chi connectivity index (χ0v) is 13.8. The van der Waals surface area contributed by atoms with Crippen LogP contribution in [0.4, 0.5) is 25.0 Å². The number of anilines is 2. The summed E-state index contributed by atoms with van der Waals surface area (Å²) in [5, 5.41) is 0. The second-order valence-electron chi connectivity index (χ2n) is 6.19. The topological polar surface area (TPSA) is 57.7 Å². The van der Waals surface area contributed by atoms with Gasteiger partial charge >= 0.3 is 6.03 Å². The summed E-state index contributed by atoms with van der Waals surface area (Å²) < 4.78 is 50.6. The molecular formula is C17H14F2N2O3S. The molecular weight excluding hydrogens is 350 g/mol. The lowest BCUT2D eigenvalue weighted by atomic mass is 10.1. The van der Waals surface area contributed by atoms with Crippen molar-refractivity contribution in [1.29, 1.82) is 0 Å². The van der Waals surface area contributed by atoms with Crippen LogP contribution in [0.15, 0.2) is 48.5 Å². The Hall–Kier alpha value is -2.48. The van der Waals surface area contributed by atoms with Crippen LogP contribution < -0.4 is 9.80 Å². The SMILES string of the molecule is O=C1N(c2ccc(F)cc2)[C@H]2CS(=O)(=O)C[C@@H]2N1c1ccc(F)cc1. The van der Waals surface area contributed by atoms with Crippen molar-refractivity contribution >= 4 is 27.2 Å². The fourth-order valence-electron chi connectivity index (χ4n) is 3.51. The fraction of sp³-hybridized carbons (Fsp3) is 0.235. The average Bonchev–Trinajstić information content (AvgIpc) is 2.99. The monoisotopic (exact) mass is 364 g/mol. The molecule has 2 heterocycles. The van der Waals surface area contributed by atoms with Gasteiger partial charge in [0, 0.05) is 11.4 Å². The first kappa shape index (κ1) is 16.0. The molecule has 8 heteroatoms. The van der Waals surface area contributed by atoms with Crippen molar-refractivity contribution in [3.05, 3.63) is 60.2 Å². The maximum atomic E-state index is 13.2. The number of nitrogens with zero attached hydrogens (tertiary/aromatic N) is 2. The molecule has 0 bridgehead atoms. The second-order valence-corrected chi connectivity index (χ2v) is 8.34. The quantitative estimate of drug-likeness (QED) is 0.770. The molecule has 0 aromatic heterocycles. The summed E-state index contributed by atoms with van der Waals surface area (Å²) in [6.45, 7) is 0. The molecule has 0 saturated carbocycles. The third kappa shape index (κ3) is 2.66. The molecule has 2 saturated heterocycles. The number of urea groups is 1. The number of hydrogen-bond acceptors (Lipinski definition) is 3. The predicted octanol–water partition coefficient (Wildman–Crippen LogP) is 2.58. The van der Waals surface area contributed by atoms with Crippen molar-refractivity contribution in [2.45, 2.75) is 12.1 Å². The van der Waals surface area contributed by atoms with Crippen LogP contribution in [0.25, 0.3) is 0 Å². The Morgan fingerprint density at radius 2 is 1.12 bits per heavy atom. The molecule has 2 aliphatic heterocycles. The van der Waals surface area contributed by atoms with Gasteiger partial charge in [0.25, 0.3) is 0 Å². The van der Waals surface area contributed by atoms with Gasteiger partial charge in [-0.2, -0.15) is 0 Å². The number of fused-ring (bicyclic) bond motifs is 1. The molecule has 0 unspecified atom stereocenters. The normalized spacial score (nSPS) is 24.6. The fourth-order valence-corrected chi connectivity index (χ4v) is 5.43. The van der Waals surface area contributed by atoms with Gasteiger partial charge in [-0.05, 0) is 48.5 Å². The number of hydrogen-bond donors (Lipinski definition) is 0. The number of sulfone groups is 1. The van der Waals surface area contributed by atoms with Crippen molar-refractivity contribution in [3.63, 3.8) is 0 Å². The summed E-state index contributed by atoms with van der Waals surface area (Å²) in [5.41, 5.74) is 0.867. The van der Waals surface area contributed by atoms with Gasteiger partial charge in [-0.15, -0.1) is 0 Å².